The highest BCUT2D eigenvalue weighted by molar-refractivity contribution is 5.67. The number of piperidine rings is 1. The van der Waals surface area contributed by atoms with Crippen LogP contribution >= 0.6 is 0 Å². The van der Waals surface area contributed by atoms with Gasteiger partial charge in [-0.1, -0.05) is 0 Å². The number of nitrogens with zero attached hydrogens (tertiary/aromatic N) is 1. The lowest BCUT2D eigenvalue weighted by atomic mass is 10.1. The minimum absolute atomic E-state index is 0.0911. The van der Waals surface area contributed by atoms with Gasteiger partial charge in [0.25, 0.3) is 0 Å². The molecular formula is C10H17NO2. The first-order valence-corrected chi connectivity index (χ1v) is 5.28. The summed E-state index contributed by atoms with van der Waals surface area (Å²) in [5, 5.41) is 0. The molecule has 1 heterocycles. The second kappa shape index (κ2) is 3.99. The van der Waals surface area contributed by atoms with Crippen molar-refractivity contribution >= 4 is 6.09 Å². The maximum absolute atomic E-state index is 11.4. The Morgan fingerprint density at radius 3 is 2.54 bits per heavy atom. The van der Waals surface area contributed by atoms with E-state index >= 15 is 0 Å². The topological polar surface area (TPSA) is 29.5 Å². The Balaban J connectivity index is 1.67. The quantitative estimate of drug-likeness (QED) is 0.655. The van der Waals surface area contributed by atoms with Crippen molar-refractivity contribution in [3.05, 3.63) is 0 Å². The van der Waals surface area contributed by atoms with Gasteiger partial charge in [0.05, 0.1) is 6.61 Å². The van der Waals surface area contributed by atoms with Gasteiger partial charge in [0.1, 0.15) is 0 Å². The maximum Gasteiger partial charge on any atom is 0.409 e. The fraction of sp³-hybridized carbons (Fsp3) is 0.900. The summed E-state index contributed by atoms with van der Waals surface area (Å²) in [5.41, 5.74) is 0. The summed E-state index contributed by atoms with van der Waals surface area (Å²) in [5.74, 6) is 0.675. The third-order valence-electron chi connectivity index (χ3n) is 2.75. The molecule has 3 nitrogen and oxygen atoms in total. The number of carbonyl (C=O) groups is 1. The summed E-state index contributed by atoms with van der Waals surface area (Å²) in [6, 6.07) is 0. The number of ether oxygens (including phenoxy) is 1. The van der Waals surface area contributed by atoms with E-state index in [2.05, 4.69) is 0 Å². The number of hydrogen-bond acceptors (Lipinski definition) is 2. The highest BCUT2D eigenvalue weighted by Gasteiger charge is 2.25. The van der Waals surface area contributed by atoms with Gasteiger partial charge in [0.15, 0.2) is 0 Å². The fourth-order valence-corrected chi connectivity index (χ4v) is 1.64. The van der Waals surface area contributed by atoms with Crippen LogP contribution in [0.2, 0.25) is 0 Å². The van der Waals surface area contributed by atoms with Crippen molar-refractivity contribution in [1.82, 2.24) is 4.90 Å². The summed E-state index contributed by atoms with van der Waals surface area (Å²) in [7, 11) is 0. The molecule has 13 heavy (non-hydrogen) atoms. The van der Waals surface area contributed by atoms with Gasteiger partial charge < -0.3 is 9.64 Å². The van der Waals surface area contributed by atoms with Gasteiger partial charge in [-0.3, -0.25) is 0 Å². The van der Waals surface area contributed by atoms with Gasteiger partial charge in [-0.15, -0.1) is 0 Å². The molecule has 74 valence electrons. The molecule has 1 aliphatic carbocycles. The van der Waals surface area contributed by atoms with Crippen LogP contribution in [0.1, 0.15) is 32.1 Å². The normalized spacial score (nSPS) is 22.9. The van der Waals surface area contributed by atoms with Crippen LogP contribution in [-0.4, -0.2) is 30.7 Å². The Labute approximate surface area is 79.0 Å². The van der Waals surface area contributed by atoms with Crippen LogP contribution in [-0.2, 0) is 4.74 Å². The lowest BCUT2D eigenvalue weighted by molar-refractivity contribution is 0.0914. The molecule has 0 atom stereocenters. The van der Waals surface area contributed by atoms with Crippen molar-refractivity contribution in [2.24, 2.45) is 5.92 Å². The van der Waals surface area contributed by atoms with Crippen LogP contribution in [0.3, 0.4) is 0 Å². The molecule has 2 rings (SSSR count). The van der Waals surface area contributed by atoms with E-state index in [4.69, 9.17) is 4.74 Å². The van der Waals surface area contributed by atoms with Crippen molar-refractivity contribution < 1.29 is 9.53 Å². The first-order valence-electron chi connectivity index (χ1n) is 5.28. The lowest BCUT2D eigenvalue weighted by Crippen LogP contribution is -2.36. The zero-order valence-corrected chi connectivity index (χ0v) is 8.00. The smallest absolute Gasteiger partial charge is 0.409 e. The monoisotopic (exact) mass is 183 g/mol. The van der Waals surface area contributed by atoms with Gasteiger partial charge in [0.2, 0.25) is 0 Å². The first-order chi connectivity index (χ1) is 6.36. The van der Waals surface area contributed by atoms with Crippen LogP contribution in [0.4, 0.5) is 4.79 Å². The van der Waals surface area contributed by atoms with Crippen molar-refractivity contribution in [2.75, 3.05) is 19.7 Å². The summed E-state index contributed by atoms with van der Waals surface area (Å²) < 4.78 is 5.19. The van der Waals surface area contributed by atoms with E-state index in [0.717, 1.165) is 25.9 Å². The van der Waals surface area contributed by atoms with Crippen LogP contribution in [0.5, 0.6) is 0 Å². The Morgan fingerprint density at radius 2 is 1.92 bits per heavy atom. The van der Waals surface area contributed by atoms with Crippen molar-refractivity contribution in [2.45, 2.75) is 32.1 Å². The second-order valence-electron chi connectivity index (χ2n) is 4.07. The molecule has 1 amide bonds. The van der Waals surface area contributed by atoms with E-state index < -0.39 is 0 Å². The van der Waals surface area contributed by atoms with Gasteiger partial charge >= 0.3 is 6.09 Å². The number of amides is 1. The van der Waals surface area contributed by atoms with E-state index in [0.29, 0.717) is 12.5 Å². The summed E-state index contributed by atoms with van der Waals surface area (Å²) in [6.07, 6.45) is 5.93. The van der Waals surface area contributed by atoms with Gasteiger partial charge in [0, 0.05) is 13.1 Å². The molecule has 0 N–H and O–H groups in total. The molecule has 0 radical (unpaired) electrons. The van der Waals surface area contributed by atoms with Gasteiger partial charge in [-0.2, -0.15) is 0 Å². The molecule has 2 aliphatic rings. The zero-order chi connectivity index (χ0) is 9.10. The van der Waals surface area contributed by atoms with E-state index in [9.17, 15) is 4.79 Å². The van der Waals surface area contributed by atoms with Crippen LogP contribution in [0, 0.1) is 5.92 Å². The molecule has 2 fully saturated rings. The summed E-state index contributed by atoms with van der Waals surface area (Å²) >= 11 is 0. The Morgan fingerprint density at radius 1 is 1.23 bits per heavy atom. The fourth-order valence-electron chi connectivity index (χ4n) is 1.64. The standard InChI is InChI=1S/C10H17NO2/c12-10(13-8-9-4-5-9)11-6-2-1-3-7-11/h9H,1-8H2. The third kappa shape index (κ3) is 2.61. The van der Waals surface area contributed by atoms with Crippen molar-refractivity contribution in [1.29, 1.82) is 0 Å². The molecule has 1 saturated carbocycles. The third-order valence-corrected chi connectivity index (χ3v) is 2.75. The Bertz CT molecular complexity index is 183. The van der Waals surface area contributed by atoms with E-state index in [1.54, 1.807) is 0 Å². The molecule has 3 heteroatoms. The predicted octanol–water partition coefficient (Wildman–Crippen LogP) is 2.02. The summed E-state index contributed by atoms with van der Waals surface area (Å²) in [4.78, 5) is 13.3. The molecule has 0 spiro atoms. The number of rotatable bonds is 2. The maximum atomic E-state index is 11.4. The van der Waals surface area contributed by atoms with Gasteiger partial charge in [-0.05, 0) is 38.0 Å². The molecule has 0 aromatic carbocycles. The van der Waals surface area contributed by atoms with E-state index in [1.165, 1.54) is 19.3 Å². The molecule has 0 unspecified atom stereocenters. The highest BCUT2D eigenvalue weighted by atomic mass is 16.6. The molecule has 0 aromatic heterocycles. The van der Waals surface area contributed by atoms with Crippen LogP contribution in [0.25, 0.3) is 0 Å². The minimum atomic E-state index is -0.0911. The molecule has 0 aromatic rings. The predicted molar refractivity (Wildman–Crippen MR) is 49.5 cm³/mol. The first kappa shape index (κ1) is 8.85. The number of hydrogen-bond donors (Lipinski definition) is 0. The number of carbonyl (C=O) groups excluding carboxylic acids is 1. The van der Waals surface area contributed by atoms with Crippen molar-refractivity contribution in [3.8, 4) is 0 Å². The Kier molecular flexibility index (Phi) is 2.71. The minimum Gasteiger partial charge on any atom is -0.449 e. The Hall–Kier alpha value is -0.730. The highest BCUT2D eigenvalue weighted by Crippen LogP contribution is 2.29. The second-order valence-corrected chi connectivity index (χ2v) is 4.07. The van der Waals surface area contributed by atoms with Crippen molar-refractivity contribution in [3.63, 3.8) is 0 Å². The average molecular weight is 183 g/mol. The van der Waals surface area contributed by atoms with Crippen LogP contribution in [0.15, 0.2) is 0 Å². The van der Waals surface area contributed by atoms with Crippen LogP contribution < -0.4 is 0 Å². The lowest BCUT2D eigenvalue weighted by Gasteiger charge is -2.25. The van der Waals surface area contributed by atoms with Gasteiger partial charge in [-0.25, -0.2) is 4.79 Å². The van der Waals surface area contributed by atoms with E-state index in [1.807, 2.05) is 4.90 Å². The van der Waals surface area contributed by atoms with E-state index in [-0.39, 0.29) is 6.09 Å². The largest absolute Gasteiger partial charge is 0.449 e. The summed E-state index contributed by atoms with van der Waals surface area (Å²) in [6.45, 7) is 2.43. The molecular weight excluding hydrogens is 166 g/mol. The SMILES string of the molecule is O=C(OCC1CC1)N1CCCCC1. The molecule has 0 bridgehead atoms. The molecule has 1 saturated heterocycles. The molecule has 1 aliphatic heterocycles. The zero-order valence-electron chi connectivity index (χ0n) is 8.00. The number of likely N-dealkylation sites (tertiary alicyclic amines) is 1. The average Bonchev–Trinajstić information content (AvgIpc) is 2.99.